The van der Waals surface area contributed by atoms with Crippen LogP contribution < -0.4 is 0 Å². The molecule has 4 rings (SSSR count). The van der Waals surface area contributed by atoms with Crippen molar-refractivity contribution in [1.29, 1.82) is 0 Å². The van der Waals surface area contributed by atoms with Gasteiger partial charge in [0.1, 0.15) is 5.69 Å². The standard InChI is InChI=1S/C20H22N2O2/c23-19(18-8-4-5-11-21-18)22-12-9-20(10-13-22)14-17(15-24-20)16-6-2-1-3-7-16/h1-8,11,17H,9-10,12-15H2. The Bertz CT molecular complexity index is 694. The van der Waals surface area contributed by atoms with E-state index in [2.05, 4.69) is 35.3 Å². The summed E-state index contributed by atoms with van der Waals surface area (Å²) in [6.07, 6.45) is 4.55. The van der Waals surface area contributed by atoms with Crippen LogP contribution in [0.4, 0.5) is 0 Å². The van der Waals surface area contributed by atoms with E-state index in [-0.39, 0.29) is 11.5 Å². The van der Waals surface area contributed by atoms with Crippen LogP contribution in [0.3, 0.4) is 0 Å². The van der Waals surface area contributed by atoms with Gasteiger partial charge in [0.15, 0.2) is 0 Å². The van der Waals surface area contributed by atoms with Gasteiger partial charge in [-0.3, -0.25) is 9.78 Å². The summed E-state index contributed by atoms with van der Waals surface area (Å²) in [4.78, 5) is 18.6. The molecule has 0 radical (unpaired) electrons. The normalized spacial score (nSPS) is 22.7. The Balaban J connectivity index is 1.39. The lowest BCUT2D eigenvalue weighted by molar-refractivity contribution is -0.0389. The zero-order valence-corrected chi connectivity index (χ0v) is 13.7. The first-order valence-corrected chi connectivity index (χ1v) is 8.65. The number of nitrogens with zero attached hydrogens (tertiary/aromatic N) is 2. The van der Waals surface area contributed by atoms with Crippen LogP contribution in [0.2, 0.25) is 0 Å². The van der Waals surface area contributed by atoms with Crippen molar-refractivity contribution in [2.45, 2.75) is 30.8 Å². The minimum Gasteiger partial charge on any atom is -0.374 e. The van der Waals surface area contributed by atoms with E-state index in [9.17, 15) is 4.79 Å². The molecule has 2 fully saturated rings. The minimum absolute atomic E-state index is 0.0306. The molecule has 124 valence electrons. The summed E-state index contributed by atoms with van der Waals surface area (Å²) < 4.78 is 6.23. The van der Waals surface area contributed by atoms with Gasteiger partial charge in [0, 0.05) is 25.2 Å². The van der Waals surface area contributed by atoms with Gasteiger partial charge in [-0.25, -0.2) is 0 Å². The maximum Gasteiger partial charge on any atom is 0.272 e. The number of aromatic nitrogens is 1. The third kappa shape index (κ3) is 2.94. The average Bonchev–Trinajstić information content (AvgIpc) is 3.07. The zero-order valence-electron chi connectivity index (χ0n) is 13.7. The highest BCUT2D eigenvalue weighted by atomic mass is 16.5. The highest BCUT2D eigenvalue weighted by molar-refractivity contribution is 5.92. The first kappa shape index (κ1) is 15.3. The monoisotopic (exact) mass is 322 g/mol. The molecule has 2 saturated heterocycles. The van der Waals surface area contributed by atoms with Gasteiger partial charge in [0.2, 0.25) is 0 Å². The van der Waals surface area contributed by atoms with Crippen molar-refractivity contribution in [2.75, 3.05) is 19.7 Å². The molecule has 2 aliphatic heterocycles. The number of benzene rings is 1. The third-order valence-corrected chi connectivity index (χ3v) is 5.33. The van der Waals surface area contributed by atoms with Gasteiger partial charge < -0.3 is 9.64 Å². The summed E-state index contributed by atoms with van der Waals surface area (Å²) >= 11 is 0. The second-order valence-electron chi connectivity index (χ2n) is 6.81. The molecule has 0 bridgehead atoms. The average molecular weight is 322 g/mol. The Kier molecular flexibility index (Phi) is 4.07. The van der Waals surface area contributed by atoms with Crippen molar-refractivity contribution in [3.05, 3.63) is 66.0 Å². The summed E-state index contributed by atoms with van der Waals surface area (Å²) in [5.41, 5.74) is 1.84. The molecule has 1 amide bonds. The van der Waals surface area contributed by atoms with E-state index >= 15 is 0 Å². The molecule has 1 unspecified atom stereocenters. The number of carbonyl (C=O) groups is 1. The largest absolute Gasteiger partial charge is 0.374 e. The number of amides is 1. The molecule has 4 nitrogen and oxygen atoms in total. The maximum atomic E-state index is 12.5. The van der Waals surface area contributed by atoms with Gasteiger partial charge in [-0.2, -0.15) is 0 Å². The molecule has 1 spiro atoms. The van der Waals surface area contributed by atoms with Crippen LogP contribution in [-0.2, 0) is 4.74 Å². The Morgan fingerprint density at radius 3 is 2.54 bits per heavy atom. The predicted octanol–water partition coefficient (Wildman–Crippen LogP) is 3.26. The fourth-order valence-corrected chi connectivity index (χ4v) is 3.90. The number of carbonyl (C=O) groups excluding carboxylic acids is 1. The lowest BCUT2D eigenvalue weighted by Crippen LogP contribution is -2.46. The van der Waals surface area contributed by atoms with E-state index in [0.29, 0.717) is 11.6 Å². The van der Waals surface area contributed by atoms with Crippen molar-refractivity contribution in [3.63, 3.8) is 0 Å². The van der Waals surface area contributed by atoms with Crippen molar-refractivity contribution < 1.29 is 9.53 Å². The van der Waals surface area contributed by atoms with Crippen LogP contribution in [0.1, 0.15) is 41.2 Å². The number of rotatable bonds is 2. The fourth-order valence-electron chi connectivity index (χ4n) is 3.90. The van der Waals surface area contributed by atoms with Crippen LogP contribution in [-0.4, -0.2) is 41.1 Å². The van der Waals surface area contributed by atoms with E-state index < -0.39 is 0 Å². The summed E-state index contributed by atoms with van der Waals surface area (Å²) in [5.74, 6) is 0.507. The van der Waals surface area contributed by atoms with E-state index in [4.69, 9.17) is 4.74 Å². The lowest BCUT2D eigenvalue weighted by Gasteiger charge is -2.38. The fraction of sp³-hybridized carbons (Fsp3) is 0.400. The number of pyridine rings is 1. The zero-order chi connectivity index (χ0) is 16.4. The number of likely N-dealkylation sites (tertiary alicyclic amines) is 1. The summed E-state index contributed by atoms with van der Waals surface area (Å²) in [6.45, 7) is 2.28. The quantitative estimate of drug-likeness (QED) is 0.852. The molecular weight excluding hydrogens is 300 g/mol. The number of hydrogen-bond donors (Lipinski definition) is 0. The molecule has 1 atom stereocenters. The molecule has 4 heteroatoms. The molecule has 24 heavy (non-hydrogen) atoms. The van der Waals surface area contributed by atoms with Gasteiger partial charge in [0.25, 0.3) is 5.91 Å². The Morgan fingerprint density at radius 1 is 1.08 bits per heavy atom. The summed E-state index contributed by atoms with van der Waals surface area (Å²) in [5, 5.41) is 0. The van der Waals surface area contributed by atoms with Crippen LogP contribution in [0.5, 0.6) is 0 Å². The molecule has 1 aromatic heterocycles. The maximum absolute atomic E-state index is 12.5. The molecule has 2 aromatic rings. The van der Waals surface area contributed by atoms with Crippen LogP contribution in [0.15, 0.2) is 54.7 Å². The predicted molar refractivity (Wildman–Crippen MR) is 91.9 cm³/mol. The second-order valence-corrected chi connectivity index (χ2v) is 6.81. The molecule has 0 saturated carbocycles. The molecular formula is C20H22N2O2. The van der Waals surface area contributed by atoms with Crippen LogP contribution in [0, 0.1) is 0 Å². The highest BCUT2D eigenvalue weighted by Crippen LogP contribution is 2.42. The van der Waals surface area contributed by atoms with E-state index in [1.807, 2.05) is 17.0 Å². The Labute approximate surface area is 142 Å². The molecule has 0 aliphatic carbocycles. The topological polar surface area (TPSA) is 42.4 Å². The second kappa shape index (κ2) is 6.36. The lowest BCUT2D eigenvalue weighted by atomic mass is 9.83. The first-order valence-electron chi connectivity index (χ1n) is 8.65. The van der Waals surface area contributed by atoms with Crippen LogP contribution in [0.25, 0.3) is 0 Å². The minimum atomic E-state index is -0.0542. The van der Waals surface area contributed by atoms with E-state index in [0.717, 1.165) is 39.0 Å². The van der Waals surface area contributed by atoms with Crippen molar-refractivity contribution in [1.82, 2.24) is 9.88 Å². The third-order valence-electron chi connectivity index (χ3n) is 5.33. The molecule has 2 aliphatic rings. The SMILES string of the molecule is O=C(c1ccccn1)N1CCC2(CC1)CC(c1ccccc1)CO2. The Morgan fingerprint density at radius 2 is 1.83 bits per heavy atom. The van der Waals surface area contributed by atoms with Gasteiger partial charge >= 0.3 is 0 Å². The van der Waals surface area contributed by atoms with E-state index in [1.54, 1.807) is 12.3 Å². The molecule has 1 aromatic carbocycles. The summed E-state index contributed by atoms with van der Waals surface area (Å²) in [6, 6.07) is 16.1. The number of piperidine rings is 1. The van der Waals surface area contributed by atoms with Gasteiger partial charge in [-0.05, 0) is 37.0 Å². The molecule has 0 N–H and O–H groups in total. The van der Waals surface area contributed by atoms with Gasteiger partial charge in [-0.15, -0.1) is 0 Å². The Hall–Kier alpha value is -2.20. The van der Waals surface area contributed by atoms with E-state index in [1.165, 1.54) is 5.56 Å². The highest BCUT2D eigenvalue weighted by Gasteiger charge is 2.43. The van der Waals surface area contributed by atoms with Crippen molar-refractivity contribution >= 4 is 5.91 Å². The van der Waals surface area contributed by atoms with Crippen molar-refractivity contribution in [2.24, 2.45) is 0 Å². The number of ether oxygens (including phenoxy) is 1. The van der Waals surface area contributed by atoms with Crippen molar-refractivity contribution in [3.8, 4) is 0 Å². The van der Waals surface area contributed by atoms with Gasteiger partial charge in [-0.1, -0.05) is 36.4 Å². The molecule has 3 heterocycles. The first-order chi connectivity index (χ1) is 11.8. The van der Waals surface area contributed by atoms with Crippen LogP contribution >= 0.6 is 0 Å². The summed E-state index contributed by atoms with van der Waals surface area (Å²) in [7, 11) is 0. The number of hydrogen-bond acceptors (Lipinski definition) is 3. The van der Waals surface area contributed by atoms with Gasteiger partial charge in [0.05, 0.1) is 12.2 Å². The smallest absolute Gasteiger partial charge is 0.272 e.